The Hall–Kier alpha value is -1.41. The van der Waals surface area contributed by atoms with Gasteiger partial charge in [-0.25, -0.2) is 0 Å². The molecule has 0 aliphatic carbocycles. The van der Waals surface area contributed by atoms with E-state index in [0.717, 1.165) is 23.7 Å². The fourth-order valence-corrected chi connectivity index (χ4v) is 3.22. The Labute approximate surface area is 112 Å². The highest BCUT2D eigenvalue weighted by Crippen LogP contribution is 2.30. The minimum atomic E-state index is 0.344. The summed E-state index contributed by atoms with van der Waals surface area (Å²) in [5.74, 6) is 3.20. The van der Waals surface area contributed by atoms with Crippen LogP contribution in [0.1, 0.15) is 11.1 Å². The molecule has 0 radical (unpaired) electrons. The third-order valence-electron chi connectivity index (χ3n) is 3.13. The molecule has 1 heterocycles. The van der Waals surface area contributed by atoms with Gasteiger partial charge in [0.05, 0.1) is 0 Å². The van der Waals surface area contributed by atoms with Crippen LogP contribution in [0.15, 0.2) is 54.6 Å². The molecule has 1 aliphatic rings. The lowest BCUT2D eigenvalue weighted by molar-refractivity contribution is 0.259. The van der Waals surface area contributed by atoms with Crippen molar-refractivity contribution in [1.29, 1.82) is 0 Å². The topological polar surface area (TPSA) is 9.23 Å². The molecule has 2 heteroatoms. The molecule has 1 aliphatic heterocycles. The largest absolute Gasteiger partial charge is 0.489 e. The zero-order chi connectivity index (χ0) is 12.2. The van der Waals surface area contributed by atoms with Gasteiger partial charge in [-0.15, -0.1) is 0 Å². The summed E-state index contributed by atoms with van der Waals surface area (Å²) in [4.78, 5) is 0. The van der Waals surface area contributed by atoms with E-state index in [2.05, 4.69) is 48.5 Å². The van der Waals surface area contributed by atoms with Gasteiger partial charge in [-0.2, -0.15) is 11.8 Å². The molecule has 0 fully saturated rings. The summed E-state index contributed by atoms with van der Waals surface area (Å²) in [6.07, 6.45) is 1.40. The first-order chi connectivity index (χ1) is 8.92. The number of para-hydroxylation sites is 1. The van der Waals surface area contributed by atoms with Crippen molar-refractivity contribution in [3.8, 4) is 5.75 Å². The van der Waals surface area contributed by atoms with Crippen LogP contribution in [0.2, 0.25) is 0 Å². The Bertz CT molecular complexity index is 485. The molecule has 0 amide bonds. The van der Waals surface area contributed by atoms with Crippen LogP contribution < -0.4 is 4.74 Å². The Kier molecular flexibility index (Phi) is 3.56. The van der Waals surface area contributed by atoms with Crippen LogP contribution in [0.4, 0.5) is 0 Å². The highest BCUT2D eigenvalue weighted by atomic mass is 32.2. The van der Waals surface area contributed by atoms with Crippen molar-refractivity contribution < 1.29 is 4.74 Å². The maximum atomic E-state index is 5.92. The van der Waals surface area contributed by atoms with Crippen molar-refractivity contribution in [2.45, 2.75) is 18.3 Å². The first kappa shape index (κ1) is 11.7. The molecule has 1 atom stereocenters. The molecule has 0 bridgehead atoms. The molecule has 92 valence electrons. The summed E-state index contributed by atoms with van der Waals surface area (Å²) >= 11 is 1.95. The van der Waals surface area contributed by atoms with E-state index < -0.39 is 0 Å². The van der Waals surface area contributed by atoms with Gasteiger partial charge in [0.15, 0.2) is 0 Å². The highest BCUT2D eigenvalue weighted by molar-refractivity contribution is 7.98. The highest BCUT2D eigenvalue weighted by Gasteiger charge is 2.21. The fraction of sp³-hybridized carbons (Fsp3) is 0.250. The van der Waals surface area contributed by atoms with Gasteiger partial charge in [-0.05, 0) is 17.2 Å². The van der Waals surface area contributed by atoms with Crippen molar-refractivity contribution >= 4 is 11.8 Å². The first-order valence-corrected chi connectivity index (χ1v) is 7.43. The Morgan fingerprint density at radius 3 is 2.61 bits per heavy atom. The van der Waals surface area contributed by atoms with E-state index in [0.29, 0.717) is 6.10 Å². The van der Waals surface area contributed by atoms with Gasteiger partial charge >= 0.3 is 0 Å². The minimum absolute atomic E-state index is 0.344. The summed E-state index contributed by atoms with van der Waals surface area (Å²) in [7, 11) is 0. The minimum Gasteiger partial charge on any atom is -0.489 e. The monoisotopic (exact) mass is 256 g/mol. The Morgan fingerprint density at radius 1 is 1.00 bits per heavy atom. The standard InChI is InChI=1S/C16H16OS/c1-2-6-13(7-3-1)11-18-12-15-10-14-8-4-5-9-16(14)17-15/h1-9,15H,10-12H2. The van der Waals surface area contributed by atoms with Crippen molar-refractivity contribution in [2.24, 2.45) is 0 Å². The molecule has 0 N–H and O–H groups in total. The van der Waals surface area contributed by atoms with Crippen molar-refractivity contribution in [3.05, 3.63) is 65.7 Å². The zero-order valence-electron chi connectivity index (χ0n) is 10.2. The smallest absolute Gasteiger partial charge is 0.123 e. The van der Waals surface area contributed by atoms with Crippen LogP contribution >= 0.6 is 11.8 Å². The van der Waals surface area contributed by atoms with Crippen LogP contribution in [0.25, 0.3) is 0 Å². The van der Waals surface area contributed by atoms with E-state index in [-0.39, 0.29) is 0 Å². The quantitative estimate of drug-likeness (QED) is 0.820. The normalized spacial score (nSPS) is 17.2. The van der Waals surface area contributed by atoms with E-state index in [9.17, 15) is 0 Å². The molecular formula is C16H16OS. The van der Waals surface area contributed by atoms with Gasteiger partial charge in [0.25, 0.3) is 0 Å². The van der Waals surface area contributed by atoms with E-state index in [1.165, 1.54) is 11.1 Å². The van der Waals surface area contributed by atoms with Crippen molar-refractivity contribution in [2.75, 3.05) is 5.75 Å². The lowest BCUT2D eigenvalue weighted by atomic mass is 10.1. The lowest BCUT2D eigenvalue weighted by Gasteiger charge is -2.10. The van der Waals surface area contributed by atoms with Gasteiger partial charge in [-0.1, -0.05) is 48.5 Å². The van der Waals surface area contributed by atoms with Crippen LogP contribution in [0, 0.1) is 0 Å². The van der Waals surface area contributed by atoms with Crippen LogP contribution in [-0.4, -0.2) is 11.9 Å². The molecule has 0 aromatic heterocycles. The average Bonchev–Trinajstić information content (AvgIpc) is 2.82. The number of hydrogen-bond acceptors (Lipinski definition) is 2. The van der Waals surface area contributed by atoms with Gasteiger partial charge < -0.3 is 4.74 Å². The second-order valence-corrected chi connectivity index (χ2v) is 5.58. The predicted molar refractivity (Wildman–Crippen MR) is 77.2 cm³/mol. The third-order valence-corrected chi connectivity index (χ3v) is 4.27. The molecule has 0 spiro atoms. The maximum absolute atomic E-state index is 5.92. The molecule has 0 saturated carbocycles. The first-order valence-electron chi connectivity index (χ1n) is 6.28. The number of benzene rings is 2. The summed E-state index contributed by atoms with van der Waals surface area (Å²) in [6.45, 7) is 0. The number of fused-ring (bicyclic) bond motifs is 1. The number of hydrogen-bond donors (Lipinski definition) is 0. The molecule has 18 heavy (non-hydrogen) atoms. The van der Waals surface area contributed by atoms with Gasteiger partial charge in [-0.3, -0.25) is 0 Å². The molecule has 2 aromatic rings. The molecule has 2 aromatic carbocycles. The molecular weight excluding hydrogens is 240 g/mol. The number of ether oxygens (including phenoxy) is 1. The van der Waals surface area contributed by atoms with E-state index in [1.54, 1.807) is 0 Å². The van der Waals surface area contributed by atoms with Crippen LogP contribution in [0.5, 0.6) is 5.75 Å². The average molecular weight is 256 g/mol. The Balaban J connectivity index is 1.49. The van der Waals surface area contributed by atoms with Gasteiger partial charge in [0.1, 0.15) is 11.9 Å². The number of thioether (sulfide) groups is 1. The summed E-state index contributed by atoms with van der Waals surface area (Å²) in [6, 6.07) is 19.0. The van der Waals surface area contributed by atoms with Crippen molar-refractivity contribution in [1.82, 2.24) is 0 Å². The zero-order valence-corrected chi connectivity index (χ0v) is 11.0. The van der Waals surface area contributed by atoms with Crippen LogP contribution in [-0.2, 0) is 12.2 Å². The SMILES string of the molecule is c1ccc(CSCC2Cc3ccccc3O2)cc1. The molecule has 1 nitrogen and oxygen atoms in total. The second-order valence-electron chi connectivity index (χ2n) is 4.55. The lowest BCUT2D eigenvalue weighted by Crippen LogP contribution is -2.15. The summed E-state index contributed by atoms with van der Waals surface area (Å²) < 4.78 is 5.92. The summed E-state index contributed by atoms with van der Waals surface area (Å²) in [5, 5.41) is 0. The second kappa shape index (κ2) is 5.49. The van der Waals surface area contributed by atoms with E-state index >= 15 is 0 Å². The molecule has 1 unspecified atom stereocenters. The van der Waals surface area contributed by atoms with E-state index in [1.807, 2.05) is 17.8 Å². The van der Waals surface area contributed by atoms with Crippen molar-refractivity contribution in [3.63, 3.8) is 0 Å². The van der Waals surface area contributed by atoms with E-state index in [4.69, 9.17) is 4.74 Å². The third kappa shape index (κ3) is 2.70. The van der Waals surface area contributed by atoms with Crippen LogP contribution in [0.3, 0.4) is 0 Å². The predicted octanol–water partition coefficient (Wildman–Crippen LogP) is 3.92. The van der Waals surface area contributed by atoms with Gasteiger partial charge in [0.2, 0.25) is 0 Å². The Morgan fingerprint density at radius 2 is 1.78 bits per heavy atom. The molecule has 0 saturated heterocycles. The summed E-state index contributed by atoms with van der Waals surface area (Å²) in [5.41, 5.74) is 2.74. The number of rotatable bonds is 4. The van der Waals surface area contributed by atoms with Gasteiger partial charge in [0, 0.05) is 17.9 Å². The maximum Gasteiger partial charge on any atom is 0.123 e. The molecule has 3 rings (SSSR count). The fourth-order valence-electron chi connectivity index (χ4n) is 2.23.